The summed E-state index contributed by atoms with van der Waals surface area (Å²) in [5.41, 5.74) is 0.664. The van der Waals surface area contributed by atoms with Gasteiger partial charge in [-0.05, 0) is 29.5 Å². The number of rotatable bonds is 2. The van der Waals surface area contributed by atoms with Crippen molar-refractivity contribution in [2.24, 2.45) is 0 Å². The van der Waals surface area contributed by atoms with E-state index in [1.807, 2.05) is 22.6 Å². The van der Waals surface area contributed by atoms with Crippen LogP contribution in [-0.4, -0.2) is 9.55 Å². The highest BCUT2D eigenvalue weighted by Gasteiger charge is 2.04. The molecule has 0 fully saturated rings. The largest absolute Gasteiger partial charge is 0.293 e. The summed E-state index contributed by atoms with van der Waals surface area (Å²) in [6, 6.07) is 0. The number of hydrogen-bond donors (Lipinski definition) is 0. The minimum absolute atomic E-state index is 0.0742. The molecule has 5 heteroatoms. The minimum atomic E-state index is -0.0742. The van der Waals surface area contributed by atoms with Gasteiger partial charge < -0.3 is 0 Å². The third-order valence-corrected chi connectivity index (χ3v) is 2.86. The van der Waals surface area contributed by atoms with Crippen LogP contribution in [0.2, 0.25) is 0 Å². The summed E-state index contributed by atoms with van der Waals surface area (Å²) in [6.07, 6.45) is 1.48. The van der Waals surface area contributed by atoms with Crippen molar-refractivity contribution in [2.75, 3.05) is 0 Å². The highest BCUT2D eigenvalue weighted by molar-refractivity contribution is 14.1. The van der Waals surface area contributed by atoms with E-state index in [0.717, 1.165) is 5.69 Å². The van der Waals surface area contributed by atoms with Crippen LogP contribution in [0.3, 0.4) is 0 Å². The number of aromatic nitrogens is 2. The van der Waals surface area contributed by atoms with Gasteiger partial charge in [0.15, 0.2) is 0 Å². The topological polar surface area (TPSA) is 34.9 Å². The molecule has 0 saturated heterocycles. The molecule has 0 spiro atoms. The Labute approximate surface area is 94.6 Å². The Kier molecular flexibility index (Phi) is 3.49. The molecule has 1 heterocycles. The maximum atomic E-state index is 11.5. The molecule has 0 amide bonds. The predicted octanol–water partition coefficient (Wildman–Crippen LogP) is 1.91. The van der Waals surface area contributed by atoms with Gasteiger partial charge in [0.1, 0.15) is 0 Å². The number of hydrogen-bond acceptors (Lipinski definition) is 2. The number of nitrogens with zero attached hydrogens (tertiary/aromatic N) is 2. The van der Waals surface area contributed by atoms with Crippen LogP contribution < -0.4 is 5.56 Å². The Morgan fingerprint density at radius 3 is 3.00 bits per heavy atom. The number of allylic oxidation sites excluding steroid dienone is 1. The van der Waals surface area contributed by atoms with Crippen molar-refractivity contribution >= 4 is 34.2 Å². The first kappa shape index (κ1) is 10.7. The second-order valence-electron chi connectivity index (χ2n) is 2.59. The zero-order valence-corrected chi connectivity index (χ0v) is 9.96. The lowest BCUT2D eigenvalue weighted by atomic mass is 10.4. The highest BCUT2D eigenvalue weighted by atomic mass is 127. The van der Waals surface area contributed by atoms with Gasteiger partial charge in [0.25, 0.3) is 5.56 Å². The van der Waals surface area contributed by atoms with Gasteiger partial charge in [0.05, 0.1) is 22.1 Å². The van der Waals surface area contributed by atoms with Crippen LogP contribution in [-0.2, 0) is 6.54 Å². The van der Waals surface area contributed by atoms with Crippen LogP contribution in [0.5, 0.6) is 0 Å². The summed E-state index contributed by atoms with van der Waals surface area (Å²) in [7, 11) is 0. The van der Waals surface area contributed by atoms with Gasteiger partial charge in [0.2, 0.25) is 0 Å². The molecule has 0 unspecified atom stereocenters. The van der Waals surface area contributed by atoms with E-state index in [1.165, 1.54) is 10.9 Å². The van der Waals surface area contributed by atoms with Crippen molar-refractivity contribution in [1.82, 2.24) is 9.55 Å². The van der Waals surface area contributed by atoms with E-state index in [4.69, 9.17) is 11.6 Å². The second kappa shape index (κ2) is 4.23. The molecular formula is C8H8ClIN2O. The van der Waals surface area contributed by atoms with Crippen LogP contribution in [0.4, 0.5) is 0 Å². The summed E-state index contributed by atoms with van der Waals surface area (Å²) in [5, 5.41) is 0.420. The summed E-state index contributed by atoms with van der Waals surface area (Å²) in [4.78, 5) is 15.6. The monoisotopic (exact) mass is 310 g/mol. The van der Waals surface area contributed by atoms with Gasteiger partial charge in [-0.25, -0.2) is 4.98 Å². The lowest BCUT2D eigenvalue weighted by molar-refractivity contribution is 0.733. The zero-order valence-electron chi connectivity index (χ0n) is 7.05. The molecule has 0 saturated carbocycles. The normalized spacial score (nSPS) is 10.1. The Morgan fingerprint density at radius 2 is 2.46 bits per heavy atom. The van der Waals surface area contributed by atoms with E-state index in [1.54, 1.807) is 6.92 Å². The fourth-order valence-corrected chi connectivity index (χ4v) is 1.42. The molecule has 13 heavy (non-hydrogen) atoms. The van der Waals surface area contributed by atoms with Gasteiger partial charge >= 0.3 is 0 Å². The second-order valence-corrected chi connectivity index (χ2v) is 4.21. The molecule has 0 atom stereocenters. The fourth-order valence-electron chi connectivity index (χ4n) is 0.844. The molecule has 0 aliphatic rings. The van der Waals surface area contributed by atoms with E-state index in [2.05, 4.69) is 11.6 Å². The smallest absolute Gasteiger partial charge is 0.267 e. The highest BCUT2D eigenvalue weighted by Crippen LogP contribution is 2.04. The molecule has 0 aliphatic carbocycles. The summed E-state index contributed by atoms with van der Waals surface area (Å²) in [5.74, 6) is 0. The van der Waals surface area contributed by atoms with Crippen molar-refractivity contribution in [2.45, 2.75) is 13.5 Å². The van der Waals surface area contributed by atoms with E-state index >= 15 is 0 Å². The maximum Gasteiger partial charge on any atom is 0.267 e. The van der Waals surface area contributed by atoms with Gasteiger partial charge in [-0.2, -0.15) is 0 Å². The van der Waals surface area contributed by atoms with Crippen LogP contribution in [0.15, 0.2) is 22.7 Å². The van der Waals surface area contributed by atoms with E-state index in [9.17, 15) is 4.79 Å². The summed E-state index contributed by atoms with van der Waals surface area (Å²) >= 11 is 7.56. The molecule has 70 valence electrons. The standard InChI is InChI=1S/C8H8ClIN2O/c1-5(9)3-12-4-11-6(2)7(10)8(12)13/h4H,1,3H2,2H3. The lowest BCUT2D eigenvalue weighted by Gasteiger charge is -2.04. The van der Waals surface area contributed by atoms with E-state index in [-0.39, 0.29) is 5.56 Å². The molecule has 3 nitrogen and oxygen atoms in total. The van der Waals surface area contributed by atoms with Crippen molar-refractivity contribution < 1.29 is 0 Å². The first-order valence-electron chi connectivity index (χ1n) is 3.57. The summed E-state index contributed by atoms with van der Waals surface area (Å²) in [6.45, 7) is 5.62. The Morgan fingerprint density at radius 1 is 1.85 bits per heavy atom. The van der Waals surface area contributed by atoms with Crippen molar-refractivity contribution in [3.63, 3.8) is 0 Å². The molecule has 0 radical (unpaired) electrons. The zero-order chi connectivity index (χ0) is 10.0. The lowest BCUT2D eigenvalue weighted by Crippen LogP contribution is -2.24. The third-order valence-electron chi connectivity index (χ3n) is 1.50. The SMILES string of the molecule is C=C(Cl)Cn1cnc(C)c(I)c1=O. The quantitative estimate of drug-likeness (QED) is 0.782. The van der Waals surface area contributed by atoms with E-state index < -0.39 is 0 Å². The van der Waals surface area contributed by atoms with Gasteiger partial charge in [-0.3, -0.25) is 9.36 Å². The maximum absolute atomic E-state index is 11.5. The molecule has 1 rings (SSSR count). The third kappa shape index (κ3) is 2.54. The van der Waals surface area contributed by atoms with Crippen LogP contribution >= 0.6 is 34.2 Å². The molecule has 0 bridgehead atoms. The van der Waals surface area contributed by atoms with Crippen molar-refractivity contribution in [1.29, 1.82) is 0 Å². The first-order chi connectivity index (χ1) is 6.02. The summed E-state index contributed by atoms with van der Waals surface area (Å²) < 4.78 is 2.06. The average Bonchev–Trinajstić information content (AvgIpc) is 2.06. The Bertz CT molecular complexity index is 400. The fraction of sp³-hybridized carbons (Fsp3) is 0.250. The Balaban J connectivity index is 3.19. The molecule has 0 N–H and O–H groups in total. The van der Waals surface area contributed by atoms with Gasteiger partial charge in [-0.1, -0.05) is 18.2 Å². The molecule has 0 aromatic carbocycles. The van der Waals surface area contributed by atoms with Gasteiger partial charge in [-0.15, -0.1) is 0 Å². The van der Waals surface area contributed by atoms with Crippen LogP contribution in [0, 0.1) is 10.5 Å². The molecule has 1 aromatic heterocycles. The van der Waals surface area contributed by atoms with Crippen molar-refractivity contribution in [3.05, 3.63) is 37.6 Å². The van der Waals surface area contributed by atoms with E-state index in [0.29, 0.717) is 15.1 Å². The number of halogens is 2. The van der Waals surface area contributed by atoms with Crippen LogP contribution in [0.1, 0.15) is 5.69 Å². The van der Waals surface area contributed by atoms with Gasteiger partial charge in [0, 0.05) is 5.03 Å². The van der Waals surface area contributed by atoms with Crippen LogP contribution in [0.25, 0.3) is 0 Å². The molecule has 0 aliphatic heterocycles. The predicted molar refractivity (Wildman–Crippen MR) is 60.9 cm³/mol. The van der Waals surface area contributed by atoms with Crippen molar-refractivity contribution in [3.8, 4) is 0 Å². The Hall–Kier alpha value is -0.360. The minimum Gasteiger partial charge on any atom is -0.293 e. The average molecular weight is 311 g/mol. The first-order valence-corrected chi connectivity index (χ1v) is 5.03. The number of aryl methyl sites for hydroxylation is 1. The molecule has 1 aromatic rings. The molecular weight excluding hydrogens is 302 g/mol.